The molecule has 0 saturated heterocycles. The van der Waals surface area contributed by atoms with E-state index in [4.69, 9.17) is 9.97 Å². The number of aromatic amines is 2. The van der Waals surface area contributed by atoms with E-state index in [9.17, 15) is 0 Å². The molecule has 0 fully saturated rings. The predicted molar refractivity (Wildman–Crippen MR) is 167 cm³/mol. The zero-order valence-corrected chi connectivity index (χ0v) is 23.9. The van der Waals surface area contributed by atoms with Gasteiger partial charge in [-0.25, -0.2) is 9.97 Å². The number of hydrogen-bond acceptors (Lipinski definition) is 6. The molecule has 0 saturated carbocycles. The van der Waals surface area contributed by atoms with Gasteiger partial charge in [0, 0.05) is 32.8 Å². The smallest absolute Gasteiger partial charge is 0.161 e. The fourth-order valence-corrected chi connectivity index (χ4v) is 5.77. The van der Waals surface area contributed by atoms with Crippen LogP contribution in [-0.2, 0) is 0 Å². The molecule has 6 aromatic rings. The molecule has 0 unspecified atom stereocenters. The van der Waals surface area contributed by atoms with Gasteiger partial charge in [0.2, 0.25) is 0 Å². The molecular weight excluding hydrogens is 514 g/mol. The van der Waals surface area contributed by atoms with E-state index in [1.165, 1.54) is 4.88 Å². The van der Waals surface area contributed by atoms with Crippen LogP contribution in [0.3, 0.4) is 0 Å². The summed E-state index contributed by atoms with van der Waals surface area (Å²) in [5.74, 6) is 0.669. The number of nitrogens with one attached hydrogen (secondary N) is 3. The molecule has 0 aliphatic carbocycles. The Bertz CT molecular complexity index is 1900. The number of fused-ring (bicyclic) bond motifs is 2. The highest BCUT2D eigenvalue weighted by molar-refractivity contribution is 7.16. The largest absolute Gasteiger partial charge is 0.358 e. The van der Waals surface area contributed by atoms with Gasteiger partial charge < -0.3 is 10.3 Å². The second kappa shape index (κ2) is 9.88. The number of allylic oxidation sites excluding steroid dienone is 2. The van der Waals surface area contributed by atoms with E-state index in [-0.39, 0.29) is 5.41 Å². The number of benzene rings is 1. The van der Waals surface area contributed by atoms with Crippen LogP contribution in [0.15, 0.2) is 79.8 Å². The molecule has 0 spiro atoms. The first-order chi connectivity index (χ1) is 19.1. The number of pyridine rings is 2. The van der Waals surface area contributed by atoms with Gasteiger partial charge >= 0.3 is 0 Å². The Morgan fingerprint density at radius 3 is 2.60 bits per heavy atom. The molecule has 0 radical (unpaired) electrons. The summed E-state index contributed by atoms with van der Waals surface area (Å²) < 4.78 is 0. The van der Waals surface area contributed by atoms with E-state index < -0.39 is 0 Å². The van der Waals surface area contributed by atoms with Gasteiger partial charge in [0.15, 0.2) is 11.5 Å². The van der Waals surface area contributed by atoms with E-state index in [0.717, 1.165) is 67.1 Å². The summed E-state index contributed by atoms with van der Waals surface area (Å²) in [7, 11) is 0. The molecule has 3 N–H and O–H groups in total. The zero-order valence-electron chi connectivity index (χ0n) is 23.1. The lowest BCUT2D eigenvalue weighted by molar-refractivity contribution is 0.411. The average Bonchev–Trinajstić information content (AvgIpc) is 3.65. The molecule has 0 amide bonds. The van der Waals surface area contributed by atoms with E-state index >= 15 is 0 Å². The first-order valence-corrected chi connectivity index (χ1v) is 14.0. The molecule has 8 heteroatoms. The topological polar surface area (TPSA) is 95.2 Å². The molecule has 0 bridgehead atoms. The van der Waals surface area contributed by atoms with Crippen molar-refractivity contribution in [3.8, 4) is 33.2 Å². The third-order valence-electron chi connectivity index (χ3n) is 6.54. The number of H-pyrrole nitrogens is 2. The molecule has 200 valence electrons. The van der Waals surface area contributed by atoms with Crippen molar-refractivity contribution < 1.29 is 0 Å². The summed E-state index contributed by atoms with van der Waals surface area (Å²) in [6.07, 6.45) is 4.48. The highest BCUT2D eigenvalue weighted by Crippen LogP contribution is 2.36. The van der Waals surface area contributed by atoms with Gasteiger partial charge in [-0.2, -0.15) is 5.10 Å². The number of imidazole rings is 1. The number of aromatic nitrogens is 6. The van der Waals surface area contributed by atoms with Crippen LogP contribution in [-0.4, -0.2) is 30.1 Å². The Balaban J connectivity index is 1.36. The summed E-state index contributed by atoms with van der Waals surface area (Å²) in [6.45, 7) is 16.9. The number of para-hydroxylation sites is 1. The van der Waals surface area contributed by atoms with E-state index in [2.05, 4.69) is 77.6 Å². The molecule has 40 heavy (non-hydrogen) atoms. The maximum atomic E-state index is 4.99. The molecule has 6 rings (SSSR count). The van der Waals surface area contributed by atoms with Crippen molar-refractivity contribution in [1.29, 1.82) is 0 Å². The van der Waals surface area contributed by atoms with Gasteiger partial charge in [-0.3, -0.25) is 10.1 Å². The molecule has 0 aliphatic heterocycles. The normalized spacial score (nSPS) is 11.8. The number of hydrogen-bond donors (Lipinski definition) is 3. The molecule has 0 atom stereocenters. The average molecular weight is 546 g/mol. The van der Waals surface area contributed by atoms with Crippen molar-refractivity contribution in [1.82, 2.24) is 30.1 Å². The first-order valence-electron chi connectivity index (χ1n) is 13.2. The Kier molecular flexibility index (Phi) is 6.35. The van der Waals surface area contributed by atoms with Crippen molar-refractivity contribution >= 4 is 44.7 Å². The highest BCUT2D eigenvalue weighted by atomic mass is 32.1. The summed E-state index contributed by atoms with van der Waals surface area (Å²) >= 11 is 1.72. The molecular formula is C32H31N7S. The number of nitrogens with zero attached hydrogens (tertiary/aromatic N) is 4. The third kappa shape index (κ3) is 5.05. The third-order valence-corrected chi connectivity index (χ3v) is 7.82. The van der Waals surface area contributed by atoms with Crippen molar-refractivity contribution in [3.05, 3.63) is 84.7 Å². The van der Waals surface area contributed by atoms with Gasteiger partial charge in [-0.05, 0) is 60.7 Å². The van der Waals surface area contributed by atoms with Crippen LogP contribution in [0.4, 0.5) is 5.69 Å². The van der Waals surface area contributed by atoms with Gasteiger partial charge in [0.25, 0.3) is 0 Å². The highest BCUT2D eigenvalue weighted by Gasteiger charge is 2.18. The Morgan fingerprint density at radius 2 is 1.82 bits per heavy atom. The van der Waals surface area contributed by atoms with Crippen molar-refractivity contribution in [3.63, 3.8) is 0 Å². The molecule has 0 aliphatic rings. The van der Waals surface area contributed by atoms with Gasteiger partial charge in [-0.15, -0.1) is 11.3 Å². The van der Waals surface area contributed by atoms with Crippen LogP contribution >= 0.6 is 11.3 Å². The quantitative estimate of drug-likeness (QED) is 0.186. The summed E-state index contributed by atoms with van der Waals surface area (Å²) in [4.78, 5) is 20.2. The maximum absolute atomic E-state index is 4.99. The van der Waals surface area contributed by atoms with Crippen molar-refractivity contribution in [2.45, 2.75) is 34.1 Å². The Morgan fingerprint density at radius 1 is 0.975 bits per heavy atom. The van der Waals surface area contributed by atoms with Gasteiger partial charge in [0.05, 0.1) is 34.1 Å². The fourth-order valence-electron chi connectivity index (χ4n) is 4.82. The molecule has 7 nitrogen and oxygen atoms in total. The summed E-state index contributed by atoms with van der Waals surface area (Å²) in [6, 6.07) is 16.4. The number of anilines is 1. The monoisotopic (exact) mass is 545 g/mol. The predicted octanol–water partition coefficient (Wildman–Crippen LogP) is 8.69. The van der Waals surface area contributed by atoms with Gasteiger partial charge in [-0.1, -0.05) is 46.1 Å². The minimum Gasteiger partial charge on any atom is -0.358 e. The van der Waals surface area contributed by atoms with Crippen LogP contribution in [0.5, 0.6) is 0 Å². The molecule has 1 aromatic carbocycles. The van der Waals surface area contributed by atoms with Crippen LogP contribution in [0.2, 0.25) is 0 Å². The second-order valence-electron chi connectivity index (χ2n) is 11.3. The van der Waals surface area contributed by atoms with Crippen molar-refractivity contribution in [2.24, 2.45) is 5.41 Å². The SMILES string of the molecule is C=C(CC(C)(C)C)Nc1cncc(-c2ccc3[nH]nc(-c4nc5c(-c6ccc(C(=C)C)s6)cccc5[nH]4)c3n2)c1. The minimum atomic E-state index is 0.147. The van der Waals surface area contributed by atoms with Crippen LogP contribution in [0.25, 0.3) is 60.9 Å². The summed E-state index contributed by atoms with van der Waals surface area (Å²) in [5, 5.41) is 11.1. The first kappa shape index (κ1) is 25.7. The van der Waals surface area contributed by atoms with E-state index in [1.54, 1.807) is 17.5 Å². The zero-order chi connectivity index (χ0) is 28.0. The minimum absolute atomic E-state index is 0.147. The molecule has 5 aromatic heterocycles. The van der Waals surface area contributed by atoms with E-state index in [0.29, 0.717) is 11.5 Å². The lowest BCUT2D eigenvalue weighted by Gasteiger charge is -2.20. The van der Waals surface area contributed by atoms with Gasteiger partial charge in [0.1, 0.15) is 5.52 Å². The lowest BCUT2D eigenvalue weighted by atomic mass is 9.91. The Hall–Kier alpha value is -4.56. The van der Waals surface area contributed by atoms with Crippen LogP contribution < -0.4 is 5.32 Å². The van der Waals surface area contributed by atoms with E-state index in [1.807, 2.05) is 43.5 Å². The lowest BCUT2D eigenvalue weighted by Crippen LogP contribution is -2.10. The Labute approximate surface area is 237 Å². The standard InChI is InChI=1S/C32H31N7S/c1-18(2)26-12-13-27(40-26)22-8-7-9-24-28(22)37-31(36-24)30-29-25(38-39-30)11-10-23(35-29)20-14-21(17-33-16-20)34-19(3)15-32(4,5)6/h7-14,16-17,34H,1,3,15H2,2,4-6H3,(H,36,37)(H,38,39). The molecule has 5 heterocycles. The van der Waals surface area contributed by atoms with Crippen molar-refractivity contribution in [2.75, 3.05) is 5.32 Å². The van der Waals surface area contributed by atoms with Crippen LogP contribution in [0.1, 0.15) is 39.0 Å². The second-order valence-corrected chi connectivity index (χ2v) is 12.4. The fraction of sp³-hybridized carbons (Fsp3) is 0.188. The number of thiophene rings is 1. The number of rotatable bonds is 7. The maximum Gasteiger partial charge on any atom is 0.161 e. The summed E-state index contributed by atoms with van der Waals surface area (Å²) in [5.41, 5.74) is 9.93. The van der Waals surface area contributed by atoms with Crippen LogP contribution in [0, 0.1) is 5.41 Å².